The van der Waals surface area contributed by atoms with E-state index in [2.05, 4.69) is 20.4 Å². The van der Waals surface area contributed by atoms with Gasteiger partial charge in [0, 0.05) is 12.3 Å². The van der Waals surface area contributed by atoms with E-state index in [1.54, 1.807) is 0 Å². The van der Waals surface area contributed by atoms with E-state index in [0.717, 1.165) is 25.2 Å². The van der Waals surface area contributed by atoms with Crippen molar-refractivity contribution >= 4 is 5.78 Å². The Balaban J connectivity index is 2.60. The summed E-state index contributed by atoms with van der Waals surface area (Å²) in [5.41, 5.74) is 0. The number of carbonyl (C=O) groups is 1. The summed E-state index contributed by atoms with van der Waals surface area (Å²) in [7, 11) is 0. The smallest absolute Gasteiger partial charge is 0.136 e. The molecule has 0 spiro atoms. The van der Waals surface area contributed by atoms with E-state index in [-0.39, 0.29) is 5.92 Å². The lowest BCUT2D eigenvalue weighted by Crippen LogP contribution is -2.27. The SMILES string of the molecule is C=CC(C)C1CC(C)CCC1=O. The molecule has 0 heterocycles. The summed E-state index contributed by atoms with van der Waals surface area (Å²) in [5, 5.41) is 0. The summed E-state index contributed by atoms with van der Waals surface area (Å²) in [4.78, 5) is 11.5. The molecule has 0 radical (unpaired) electrons. The molecule has 1 nitrogen and oxygen atoms in total. The zero-order chi connectivity index (χ0) is 9.14. The Bertz CT molecular complexity index is 183. The van der Waals surface area contributed by atoms with Crippen molar-refractivity contribution in [2.75, 3.05) is 0 Å². The number of ketones is 1. The zero-order valence-electron chi connectivity index (χ0n) is 8.05. The van der Waals surface area contributed by atoms with Crippen molar-refractivity contribution in [3.8, 4) is 0 Å². The van der Waals surface area contributed by atoms with Crippen LogP contribution in [0.25, 0.3) is 0 Å². The molecular weight excluding hydrogens is 148 g/mol. The van der Waals surface area contributed by atoms with Crippen LogP contribution in [0.4, 0.5) is 0 Å². The van der Waals surface area contributed by atoms with Gasteiger partial charge in [0.1, 0.15) is 5.78 Å². The van der Waals surface area contributed by atoms with Gasteiger partial charge in [-0.25, -0.2) is 0 Å². The first kappa shape index (κ1) is 9.50. The lowest BCUT2D eigenvalue weighted by Gasteiger charge is -2.28. The predicted octanol–water partition coefficient (Wildman–Crippen LogP) is 2.81. The van der Waals surface area contributed by atoms with Crippen LogP contribution in [0.3, 0.4) is 0 Å². The largest absolute Gasteiger partial charge is 0.299 e. The molecule has 0 saturated heterocycles. The molecule has 1 aliphatic rings. The third kappa shape index (κ3) is 1.96. The number of rotatable bonds is 2. The van der Waals surface area contributed by atoms with Gasteiger partial charge in [0.05, 0.1) is 0 Å². The van der Waals surface area contributed by atoms with E-state index in [9.17, 15) is 4.79 Å². The normalized spacial score (nSPS) is 33.0. The van der Waals surface area contributed by atoms with Crippen molar-refractivity contribution in [2.45, 2.75) is 33.1 Å². The highest BCUT2D eigenvalue weighted by molar-refractivity contribution is 5.82. The Morgan fingerprint density at radius 3 is 2.92 bits per heavy atom. The van der Waals surface area contributed by atoms with Crippen molar-refractivity contribution in [1.82, 2.24) is 0 Å². The molecule has 0 aromatic rings. The Hall–Kier alpha value is -0.590. The lowest BCUT2D eigenvalue weighted by atomic mass is 9.75. The summed E-state index contributed by atoms with van der Waals surface area (Å²) in [5.74, 6) is 1.78. The van der Waals surface area contributed by atoms with Crippen LogP contribution < -0.4 is 0 Å². The first-order valence-electron chi connectivity index (χ1n) is 4.80. The highest BCUT2D eigenvalue weighted by Crippen LogP contribution is 2.31. The average molecular weight is 166 g/mol. The van der Waals surface area contributed by atoms with Gasteiger partial charge in [-0.15, -0.1) is 6.58 Å². The standard InChI is InChI=1S/C11H18O/c1-4-9(3)10-7-8(2)5-6-11(10)12/h4,8-10H,1,5-7H2,2-3H3. The summed E-state index contributed by atoms with van der Waals surface area (Å²) in [6.07, 6.45) is 4.83. The van der Waals surface area contributed by atoms with E-state index in [1.165, 1.54) is 0 Å². The Morgan fingerprint density at radius 2 is 2.33 bits per heavy atom. The van der Waals surface area contributed by atoms with Crippen molar-refractivity contribution in [1.29, 1.82) is 0 Å². The van der Waals surface area contributed by atoms with Crippen LogP contribution in [-0.4, -0.2) is 5.78 Å². The predicted molar refractivity (Wildman–Crippen MR) is 50.9 cm³/mol. The van der Waals surface area contributed by atoms with Gasteiger partial charge in [-0.1, -0.05) is 19.9 Å². The van der Waals surface area contributed by atoms with Gasteiger partial charge in [-0.3, -0.25) is 4.79 Å². The molecule has 1 saturated carbocycles. The van der Waals surface area contributed by atoms with Crippen molar-refractivity contribution in [3.05, 3.63) is 12.7 Å². The number of hydrogen-bond donors (Lipinski definition) is 0. The first-order valence-corrected chi connectivity index (χ1v) is 4.80. The Kier molecular flexibility index (Phi) is 3.07. The minimum Gasteiger partial charge on any atom is -0.299 e. The summed E-state index contributed by atoms with van der Waals surface area (Å²) in [6, 6.07) is 0. The number of carbonyl (C=O) groups excluding carboxylic acids is 1. The van der Waals surface area contributed by atoms with E-state index in [0.29, 0.717) is 11.7 Å². The second kappa shape index (κ2) is 3.88. The molecule has 3 unspecified atom stereocenters. The van der Waals surface area contributed by atoms with Crippen molar-refractivity contribution in [2.24, 2.45) is 17.8 Å². The maximum absolute atomic E-state index is 11.5. The number of hydrogen-bond acceptors (Lipinski definition) is 1. The van der Waals surface area contributed by atoms with Gasteiger partial charge in [0.2, 0.25) is 0 Å². The number of allylic oxidation sites excluding steroid dienone is 1. The van der Waals surface area contributed by atoms with Crippen LogP contribution in [-0.2, 0) is 4.79 Å². The molecule has 0 N–H and O–H groups in total. The maximum Gasteiger partial charge on any atom is 0.136 e. The fourth-order valence-electron chi connectivity index (χ4n) is 1.93. The summed E-state index contributed by atoms with van der Waals surface area (Å²) < 4.78 is 0. The first-order chi connectivity index (χ1) is 5.65. The minimum atomic E-state index is 0.256. The van der Waals surface area contributed by atoms with Crippen LogP contribution >= 0.6 is 0 Å². The van der Waals surface area contributed by atoms with Crippen LogP contribution in [0.5, 0.6) is 0 Å². The molecule has 0 aromatic carbocycles. The molecule has 3 atom stereocenters. The van der Waals surface area contributed by atoms with Crippen molar-refractivity contribution in [3.63, 3.8) is 0 Å². The highest BCUT2D eigenvalue weighted by atomic mass is 16.1. The molecule has 1 heteroatoms. The molecule has 68 valence electrons. The summed E-state index contributed by atoms with van der Waals surface area (Å²) >= 11 is 0. The monoisotopic (exact) mass is 166 g/mol. The highest BCUT2D eigenvalue weighted by Gasteiger charge is 2.28. The third-order valence-corrected chi connectivity index (χ3v) is 2.96. The van der Waals surface area contributed by atoms with Crippen LogP contribution in [0.15, 0.2) is 12.7 Å². The van der Waals surface area contributed by atoms with Gasteiger partial charge in [0.25, 0.3) is 0 Å². The maximum atomic E-state index is 11.5. The van der Waals surface area contributed by atoms with Crippen LogP contribution in [0.2, 0.25) is 0 Å². The van der Waals surface area contributed by atoms with Gasteiger partial charge in [0.15, 0.2) is 0 Å². The average Bonchev–Trinajstić information content (AvgIpc) is 2.08. The molecular formula is C11H18O. The van der Waals surface area contributed by atoms with Crippen LogP contribution in [0.1, 0.15) is 33.1 Å². The second-order valence-corrected chi connectivity index (χ2v) is 4.05. The van der Waals surface area contributed by atoms with Gasteiger partial charge in [-0.2, -0.15) is 0 Å². The third-order valence-electron chi connectivity index (χ3n) is 2.96. The fourth-order valence-corrected chi connectivity index (χ4v) is 1.93. The lowest BCUT2D eigenvalue weighted by molar-refractivity contribution is -0.126. The molecule has 1 fully saturated rings. The molecule has 12 heavy (non-hydrogen) atoms. The Labute approximate surface area is 74.9 Å². The quantitative estimate of drug-likeness (QED) is 0.576. The molecule has 1 aliphatic carbocycles. The van der Waals surface area contributed by atoms with Crippen LogP contribution in [0, 0.1) is 17.8 Å². The molecule has 0 amide bonds. The van der Waals surface area contributed by atoms with Crippen molar-refractivity contribution < 1.29 is 4.79 Å². The Morgan fingerprint density at radius 1 is 1.67 bits per heavy atom. The topological polar surface area (TPSA) is 17.1 Å². The van der Waals surface area contributed by atoms with Gasteiger partial charge >= 0.3 is 0 Å². The fraction of sp³-hybridized carbons (Fsp3) is 0.727. The second-order valence-electron chi connectivity index (χ2n) is 4.05. The molecule has 0 aromatic heterocycles. The summed E-state index contributed by atoms with van der Waals surface area (Å²) in [6.45, 7) is 8.07. The van der Waals surface area contributed by atoms with Gasteiger partial charge in [-0.05, 0) is 24.7 Å². The molecule has 0 aliphatic heterocycles. The van der Waals surface area contributed by atoms with E-state index in [1.807, 2.05) is 6.08 Å². The minimum absolute atomic E-state index is 0.256. The molecule has 0 bridgehead atoms. The molecule has 1 rings (SSSR count). The zero-order valence-corrected chi connectivity index (χ0v) is 8.05. The van der Waals surface area contributed by atoms with E-state index >= 15 is 0 Å². The van der Waals surface area contributed by atoms with Gasteiger partial charge < -0.3 is 0 Å². The number of Topliss-reactive ketones (excluding diaryl/α,β-unsaturated/α-hetero) is 1. The van der Waals surface area contributed by atoms with E-state index < -0.39 is 0 Å². The van der Waals surface area contributed by atoms with E-state index in [4.69, 9.17) is 0 Å².